The van der Waals surface area contributed by atoms with Crippen LogP contribution in [0.4, 0.5) is 5.69 Å². The second kappa shape index (κ2) is 6.78. The first-order valence-electron chi connectivity index (χ1n) is 8.79. The van der Waals surface area contributed by atoms with E-state index in [0.29, 0.717) is 6.04 Å². The summed E-state index contributed by atoms with van der Waals surface area (Å²) in [6.45, 7) is 6.59. The number of nitrogens with zero attached hydrogens (tertiary/aromatic N) is 2. The zero-order chi connectivity index (χ0) is 14.7. The van der Waals surface area contributed by atoms with E-state index in [4.69, 9.17) is 4.98 Å². The van der Waals surface area contributed by atoms with E-state index in [1.54, 1.807) is 0 Å². The first-order valence-corrected chi connectivity index (χ1v) is 8.79. The van der Waals surface area contributed by atoms with Crippen molar-refractivity contribution in [2.24, 2.45) is 5.92 Å². The van der Waals surface area contributed by atoms with Crippen LogP contribution < -0.4 is 10.2 Å². The maximum atomic E-state index is 4.75. The van der Waals surface area contributed by atoms with Gasteiger partial charge in [-0.3, -0.25) is 4.98 Å². The van der Waals surface area contributed by atoms with Crippen molar-refractivity contribution in [3.8, 4) is 0 Å². The third-order valence-electron chi connectivity index (χ3n) is 5.31. The highest BCUT2D eigenvalue weighted by molar-refractivity contribution is 5.47. The van der Waals surface area contributed by atoms with E-state index in [1.807, 2.05) is 0 Å². The number of nitrogens with one attached hydrogen (secondary N) is 1. The summed E-state index contributed by atoms with van der Waals surface area (Å²) in [5.74, 6) is 0.934. The Labute approximate surface area is 129 Å². The topological polar surface area (TPSA) is 28.2 Å². The number of piperidine rings is 1. The number of pyridine rings is 1. The van der Waals surface area contributed by atoms with Crippen LogP contribution in [-0.4, -0.2) is 24.1 Å². The number of fused-ring (bicyclic) bond motifs is 1. The Bertz CT molecular complexity index is 442. The van der Waals surface area contributed by atoms with Gasteiger partial charge < -0.3 is 10.2 Å². The molecule has 1 aliphatic heterocycles. The van der Waals surface area contributed by atoms with E-state index in [0.717, 1.165) is 24.9 Å². The Kier molecular flexibility index (Phi) is 4.79. The minimum atomic E-state index is 0.393. The van der Waals surface area contributed by atoms with Gasteiger partial charge in [0.2, 0.25) is 0 Å². The lowest BCUT2D eigenvalue weighted by Crippen LogP contribution is -2.42. The maximum Gasteiger partial charge on any atom is 0.0574 e. The summed E-state index contributed by atoms with van der Waals surface area (Å²) >= 11 is 0. The fourth-order valence-corrected chi connectivity index (χ4v) is 4.25. The first-order chi connectivity index (χ1) is 10.3. The van der Waals surface area contributed by atoms with Gasteiger partial charge in [0.25, 0.3) is 0 Å². The average Bonchev–Trinajstić information content (AvgIpc) is 3.01. The number of hydrogen-bond donors (Lipinski definition) is 1. The molecule has 1 N–H and O–H groups in total. The van der Waals surface area contributed by atoms with Gasteiger partial charge in [0, 0.05) is 18.6 Å². The summed E-state index contributed by atoms with van der Waals surface area (Å²) in [4.78, 5) is 7.38. The van der Waals surface area contributed by atoms with Crippen molar-refractivity contribution >= 4 is 5.69 Å². The summed E-state index contributed by atoms with van der Waals surface area (Å²) in [6, 6.07) is 5.69. The van der Waals surface area contributed by atoms with Gasteiger partial charge in [0.1, 0.15) is 0 Å². The molecule has 3 unspecified atom stereocenters. The summed E-state index contributed by atoms with van der Waals surface area (Å²) in [7, 11) is 0. The molecule has 1 aliphatic carbocycles. The maximum absolute atomic E-state index is 4.75. The summed E-state index contributed by atoms with van der Waals surface area (Å²) in [6.07, 6.45) is 10.2. The molecular weight excluding hydrogens is 258 g/mol. The quantitative estimate of drug-likeness (QED) is 0.890. The van der Waals surface area contributed by atoms with Gasteiger partial charge in [-0.05, 0) is 56.7 Å². The highest BCUT2D eigenvalue weighted by Gasteiger charge is 2.35. The molecular formula is C18H29N3. The normalized spacial score (nSPS) is 26.7. The fourth-order valence-electron chi connectivity index (χ4n) is 4.25. The Morgan fingerprint density at radius 2 is 2.10 bits per heavy atom. The molecule has 2 heterocycles. The largest absolute Gasteiger partial charge is 0.367 e. The van der Waals surface area contributed by atoms with Crippen molar-refractivity contribution in [2.75, 3.05) is 18.0 Å². The average molecular weight is 287 g/mol. The van der Waals surface area contributed by atoms with Crippen LogP contribution >= 0.6 is 0 Å². The standard InChI is InChI=1S/C18H29N3/c1-3-16(19-4-2)17-11-10-15(13-20-17)21-12-6-8-14-7-5-9-18(14)21/h10-11,13-14,16,18-19H,3-9,12H2,1-2H3. The lowest BCUT2D eigenvalue weighted by molar-refractivity contribution is 0.362. The molecule has 1 saturated heterocycles. The van der Waals surface area contributed by atoms with Crippen LogP contribution in [0.15, 0.2) is 18.3 Å². The molecule has 0 radical (unpaired) electrons. The van der Waals surface area contributed by atoms with Crippen molar-refractivity contribution in [1.82, 2.24) is 10.3 Å². The minimum absolute atomic E-state index is 0.393. The molecule has 2 aliphatic rings. The zero-order valence-electron chi connectivity index (χ0n) is 13.5. The lowest BCUT2D eigenvalue weighted by atomic mass is 9.91. The Balaban J connectivity index is 1.74. The van der Waals surface area contributed by atoms with E-state index in [1.165, 1.54) is 50.0 Å². The molecule has 3 heteroatoms. The van der Waals surface area contributed by atoms with Gasteiger partial charge in [-0.15, -0.1) is 0 Å². The van der Waals surface area contributed by atoms with E-state index in [2.05, 4.69) is 42.4 Å². The van der Waals surface area contributed by atoms with Gasteiger partial charge in [0.15, 0.2) is 0 Å². The molecule has 1 aromatic rings. The number of aromatic nitrogens is 1. The molecule has 3 nitrogen and oxygen atoms in total. The number of hydrogen-bond acceptors (Lipinski definition) is 3. The highest BCUT2D eigenvalue weighted by atomic mass is 15.2. The highest BCUT2D eigenvalue weighted by Crippen LogP contribution is 2.39. The Hall–Kier alpha value is -1.09. The molecule has 3 atom stereocenters. The second-order valence-electron chi connectivity index (χ2n) is 6.55. The predicted octanol–water partition coefficient (Wildman–Crippen LogP) is 3.91. The van der Waals surface area contributed by atoms with E-state index >= 15 is 0 Å². The smallest absolute Gasteiger partial charge is 0.0574 e. The van der Waals surface area contributed by atoms with Crippen LogP contribution in [0.1, 0.15) is 64.1 Å². The predicted molar refractivity (Wildman–Crippen MR) is 88.7 cm³/mol. The minimum Gasteiger partial charge on any atom is -0.367 e. The van der Waals surface area contributed by atoms with Crippen LogP contribution in [0, 0.1) is 5.92 Å². The lowest BCUT2D eigenvalue weighted by Gasteiger charge is -2.39. The number of anilines is 1. The molecule has 0 aromatic carbocycles. The molecule has 0 amide bonds. The van der Waals surface area contributed by atoms with Gasteiger partial charge in [-0.2, -0.15) is 0 Å². The van der Waals surface area contributed by atoms with Crippen LogP contribution in [0.25, 0.3) is 0 Å². The second-order valence-corrected chi connectivity index (χ2v) is 6.55. The third-order valence-corrected chi connectivity index (χ3v) is 5.31. The van der Waals surface area contributed by atoms with Gasteiger partial charge in [-0.25, -0.2) is 0 Å². The van der Waals surface area contributed by atoms with Gasteiger partial charge >= 0.3 is 0 Å². The van der Waals surface area contributed by atoms with Gasteiger partial charge in [-0.1, -0.05) is 20.3 Å². The summed E-state index contributed by atoms with van der Waals surface area (Å²) in [5, 5.41) is 3.51. The van der Waals surface area contributed by atoms with E-state index in [9.17, 15) is 0 Å². The fraction of sp³-hybridized carbons (Fsp3) is 0.722. The molecule has 0 bridgehead atoms. The van der Waals surface area contributed by atoms with Crippen molar-refractivity contribution in [1.29, 1.82) is 0 Å². The molecule has 2 fully saturated rings. The van der Waals surface area contributed by atoms with Crippen LogP contribution in [-0.2, 0) is 0 Å². The van der Waals surface area contributed by atoms with E-state index in [-0.39, 0.29) is 0 Å². The molecule has 1 saturated carbocycles. The molecule has 0 spiro atoms. The SMILES string of the molecule is CCNC(CC)c1ccc(N2CCCC3CCCC32)cn1. The first kappa shape index (κ1) is 14.8. The summed E-state index contributed by atoms with van der Waals surface area (Å²) < 4.78 is 0. The van der Waals surface area contributed by atoms with Crippen molar-refractivity contribution in [3.63, 3.8) is 0 Å². The van der Waals surface area contributed by atoms with E-state index < -0.39 is 0 Å². The zero-order valence-corrected chi connectivity index (χ0v) is 13.5. The van der Waals surface area contributed by atoms with Crippen molar-refractivity contribution < 1.29 is 0 Å². The third kappa shape index (κ3) is 3.08. The van der Waals surface area contributed by atoms with Gasteiger partial charge in [0.05, 0.1) is 17.6 Å². The molecule has 1 aromatic heterocycles. The molecule has 116 valence electrons. The Morgan fingerprint density at radius 1 is 1.24 bits per heavy atom. The van der Waals surface area contributed by atoms with Crippen LogP contribution in [0.2, 0.25) is 0 Å². The molecule has 21 heavy (non-hydrogen) atoms. The van der Waals surface area contributed by atoms with Crippen molar-refractivity contribution in [3.05, 3.63) is 24.0 Å². The Morgan fingerprint density at radius 3 is 2.81 bits per heavy atom. The molecule has 3 rings (SSSR count). The summed E-state index contributed by atoms with van der Waals surface area (Å²) in [5.41, 5.74) is 2.52. The monoisotopic (exact) mass is 287 g/mol. The van der Waals surface area contributed by atoms with Crippen LogP contribution in [0.3, 0.4) is 0 Å². The van der Waals surface area contributed by atoms with Crippen molar-refractivity contribution in [2.45, 2.75) is 64.5 Å². The van der Waals surface area contributed by atoms with Crippen LogP contribution in [0.5, 0.6) is 0 Å². The number of rotatable bonds is 5.